The molecule has 0 unspecified atom stereocenters. The summed E-state index contributed by atoms with van der Waals surface area (Å²) < 4.78 is 5.97. The summed E-state index contributed by atoms with van der Waals surface area (Å²) in [5.41, 5.74) is 7.87. The summed E-state index contributed by atoms with van der Waals surface area (Å²) in [4.78, 5) is 11.5. The average molecular weight is 258 g/mol. The number of halogens is 1. The van der Waals surface area contributed by atoms with Gasteiger partial charge in [-0.2, -0.15) is 9.61 Å². The highest BCUT2D eigenvalue weighted by Gasteiger charge is 2.18. The third-order valence-electron chi connectivity index (χ3n) is 2.50. The number of nitrogen functional groups attached to an aromatic ring is 1. The van der Waals surface area contributed by atoms with E-state index in [0.29, 0.717) is 11.2 Å². The van der Waals surface area contributed by atoms with Gasteiger partial charge in [0.2, 0.25) is 5.95 Å². The molecule has 0 atom stereocenters. The number of nitrogens with zero attached hydrogens (tertiary/aromatic N) is 4. The summed E-state index contributed by atoms with van der Waals surface area (Å²) in [6, 6.07) is 0. The van der Waals surface area contributed by atoms with Crippen LogP contribution < -0.4 is 5.73 Å². The number of anilines is 1. The first-order chi connectivity index (χ1) is 7.56. The normalized spacial score (nSPS) is 10.1. The maximum absolute atomic E-state index is 11.5. The monoisotopic (exact) mass is 257 g/mol. The van der Waals surface area contributed by atoms with E-state index in [1.807, 2.05) is 6.92 Å². The molecule has 2 heterocycles. The number of carbonyl (C=O) groups is 1. The molecule has 0 amide bonds. The van der Waals surface area contributed by atoms with Crippen molar-refractivity contribution in [1.82, 2.24) is 19.8 Å². The number of carbonyl (C=O) groups excluding carboxylic acids is 1. The van der Waals surface area contributed by atoms with Crippen molar-refractivity contribution >= 4 is 30.0 Å². The minimum Gasteiger partial charge on any atom is -0.464 e. The number of rotatable bonds is 1. The Hall–Kier alpha value is -1.89. The smallest absolute Gasteiger partial charge is 0.358 e. The van der Waals surface area contributed by atoms with Crippen molar-refractivity contribution in [1.29, 1.82) is 0 Å². The van der Waals surface area contributed by atoms with Crippen molar-refractivity contribution < 1.29 is 9.53 Å². The van der Waals surface area contributed by atoms with Crippen molar-refractivity contribution in [3.8, 4) is 0 Å². The molecule has 0 aliphatic carbocycles. The average Bonchev–Trinajstić information content (AvgIpc) is 2.64. The van der Waals surface area contributed by atoms with E-state index in [1.54, 1.807) is 6.92 Å². The van der Waals surface area contributed by atoms with Crippen LogP contribution in [-0.4, -0.2) is 32.9 Å². The Labute approximate surface area is 103 Å². The molecule has 2 aromatic rings. The number of aryl methyl sites for hydroxylation is 1. The van der Waals surface area contributed by atoms with Gasteiger partial charge in [0, 0.05) is 5.56 Å². The Bertz CT molecular complexity index is 580. The fourth-order valence-corrected chi connectivity index (χ4v) is 1.44. The first kappa shape index (κ1) is 13.2. The first-order valence-electron chi connectivity index (χ1n) is 4.62. The third kappa shape index (κ3) is 1.89. The maximum Gasteiger partial charge on any atom is 0.358 e. The number of fused-ring (bicyclic) bond motifs is 1. The molecule has 7 nitrogen and oxygen atoms in total. The molecule has 0 radical (unpaired) electrons. The zero-order valence-electron chi connectivity index (χ0n) is 9.59. The van der Waals surface area contributed by atoms with Gasteiger partial charge in [0.25, 0.3) is 0 Å². The number of esters is 1. The fourth-order valence-electron chi connectivity index (χ4n) is 1.44. The Morgan fingerprint density at radius 2 is 1.94 bits per heavy atom. The standard InChI is InChI=1S/C9H11N5O2.ClH/c1-4-5(2)7-11-12-9(10)14(7)13-6(4)8(15)16-3;/h1-3H3,(H2,10,12);1H. The summed E-state index contributed by atoms with van der Waals surface area (Å²) in [5, 5.41) is 11.6. The topological polar surface area (TPSA) is 95.4 Å². The van der Waals surface area contributed by atoms with Gasteiger partial charge in [0.1, 0.15) is 0 Å². The van der Waals surface area contributed by atoms with Crippen LogP contribution in [0.3, 0.4) is 0 Å². The summed E-state index contributed by atoms with van der Waals surface area (Å²) >= 11 is 0. The van der Waals surface area contributed by atoms with E-state index < -0.39 is 5.97 Å². The number of aromatic nitrogens is 4. The molecule has 8 heteroatoms. The van der Waals surface area contributed by atoms with Crippen molar-refractivity contribution in [3.63, 3.8) is 0 Å². The van der Waals surface area contributed by atoms with Gasteiger partial charge in [-0.15, -0.1) is 22.6 Å². The number of methoxy groups -OCH3 is 1. The lowest BCUT2D eigenvalue weighted by Crippen LogP contribution is -2.13. The molecule has 0 saturated carbocycles. The van der Waals surface area contributed by atoms with E-state index in [4.69, 9.17) is 5.73 Å². The van der Waals surface area contributed by atoms with Gasteiger partial charge < -0.3 is 10.5 Å². The van der Waals surface area contributed by atoms with E-state index >= 15 is 0 Å². The van der Waals surface area contributed by atoms with Gasteiger partial charge >= 0.3 is 5.97 Å². The molecular weight excluding hydrogens is 246 g/mol. The zero-order valence-corrected chi connectivity index (χ0v) is 10.4. The predicted molar refractivity (Wildman–Crippen MR) is 63.3 cm³/mol. The van der Waals surface area contributed by atoms with Crippen LogP contribution in [0, 0.1) is 13.8 Å². The molecule has 2 rings (SSSR count). The van der Waals surface area contributed by atoms with Crippen LogP contribution in [0.25, 0.3) is 5.65 Å². The van der Waals surface area contributed by atoms with Crippen LogP contribution in [0.15, 0.2) is 0 Å². The maximum atomic E-state index is 11.5. The first-order valence-corrected chi connectivity index (χ1v) is 4.62. The summed E-state index contributed by atoms with van der Waals surface area (Å²) in [5.74, 6) is -0.362. The number of hydrogen-bond donors (Lipinski definition) is 1. The molecule has 2 aromatic heterocycles. The van der Waals surface area contributed by atoms with Gasteiger partial charge in [-0.1, -0.05) is 0 Å². The second-order valence-corrected chi connectivity index (χ2v) is 3.38. The summed E-state index contributed by atoms with van der Waals surface area (Å²) in [7, 11) is 1.30. The highest BCUT2D eigenvalue weighted by atomic mass is 35.5. The number of ether oxygens (including phenoxy) is 1. The van der Waals surface area contributed by atoms with Crippen LogP contribution >= 0.6 is 12.4 Å². The molecule has 0 aliphatic rings. The van der Waals surface area contributed by atoms with Gasteiger partial charge in [-0.05, 0) is 19.4 Å². The molecule has 0 aliphatic heterocycles. The SMILES string of the molecule is COC(=O)c1nn2c(N)nnc2c(C)c1C.Cl. The van der Waals surface area contributed by atoms with Gasteiger partial charge in [-0.25, -0.2) is 4.79 Å². The third-order valence-corrected chi connectivity index (χ3v) is 2.50. The second-order valence-electron chi connectivity index (χ2n) is 3.38. The van der Waals surface area contributed by atoms with E-state index in [1.165, 1.54) is 11.6 Å². The van der Waals surface area contributed by atoms with Gasteiger partial charge in [-0.3, -0.25) is 0 Å². The van der Waals surface area contributed by atoms with E-state index in [2.05, 4.69) is 20.0 Å². The molecule has 92 valence electrons. The Morgan fingerprint density at radius 3 is 2.53 bits per heavy atom. The van der Waals surface area contributed by atoms with Crippen LogP contribution in [0.5, 0.6) is 0 Å². The van der Waals surface area contributed by atoms with Crippen LogP contribution in [0.1, 0.15) is 21.6 Å². The quantitative estimate of drug-likeness (QED) is 0.749. The lowest BCUT2D eigenvalue weighted by molar-refractivity contribution is 0.0591. The van der Waals surface area contributed by atoms with Crippen LogP contribution in [0.4, 0.5) is 5.95 Å². The van der Waals surface area contributed by atoms with Crippen molar-refractivity contribution in [2.45, 2.75) is 13.8 Å². The lowest BCUT2D eigenvalue weighted by Gasteiger charge is -2.06. The molecule has 2 N–H and O–H groups in total. The molecule has 0 fully saturated rings. The van der Waals surface area contributed by atoms with Crippen molar-refractivity contribution in [2.24, 2.45) is 0 Å². The van der Waals surface area contributed by atoms with Gasteiger partial charge in [0.15, 0.2) is 11.3 Å². The molecule has 0 saturated heterocycles. The van der Waals surface area contributed by atoms with E-state index in [-0.39, 0.29) is 24.0 Å². The second kappa shape index (κ2) is 4.54. The van der Waals surface area contributed by atoms with Gasteiger partial charge in [0.05, 0.1) is 7.11 Å². The predicted octanol–water partition coefficient (Wildman–Crippen LogP) is 0.532. The number of nitrogens with two attached hydrogens (primary N) is 1. The molecule has 17 heavy (non-hydrogen) atoms. The fraction of sp³-hybridized carbons (Fsp3) is 0.333. The highest BCUT2D eigenvalue weighted by Crippen LogP contribution is 2.17. The van der Waals surface area contributed by atoms with E-state index in [0.717, 1.165) is 5.56 Å². The highest BCUT2D eigenvalue weighted by molar-refractivity contribution is 5.89. The van der Waals surface area contributed by atoms with Crippen LogP contribution in [0.2, 0.25) is 0 Å². The minimum absolute atomic E-state index is 0. The minimum atomic E-state index is -0.504. The van der Waals surface area contributed by atoms with Crippen molar-refractivity contribution in [3.05, 3.63) is 16.8 Å². The molecule has 0 spiro atoms. The largest absolute Gasteiger partial charge is 0.464 e. The van der Waals surface area contributed by atoms with Crippen molar-refractivity contribution in [2.75, 3.05) is 12.8 Å². The Kier molecular flexibility index (Phi) is 3.52. The molecular formula is C9H12ClN5O2. The summed E-state index contributed by atoms with van der Waals surface area (Å²) in [6.45, 7) is 3.60. The summed E-state index contributed by atoms with van der Waals surface area (Å²) in [6.07, 6.45) is 0. The zero-order chi connectivity index (χ0) is 11.9. The molecule has 0 aromatic carbocycles. The Balaban J connectivity index is 0.00000144. The lowest BCUT2D eigenvalue weighted by atomic mass is 10.1. The van der Waals surface area contributed by atoms with Crippen LogP contribution in [-0.2, 0) is 4.74 Å². The molecule has 0 bridgehead atoms. The number of hydrogen-bond acceptors (Lipinski definition) is 6. The Morgan fingerprint density at radius 1 is 1.29 bits per heavy atom. The van der Waals surface area contributed by atoms with E-state index in [9.17, 15) is 4.79 Å².